The zero-order valence-electron chi connectivity index (χ0n) is 16.5. The number of hydrazone groups is 1. The lowest BCUT2D eigenvalue weighted by molar-refractivity contribution is 0.505. The van der Waals surface area contributed by atoms with Gasteiger partial charge in [0.1, 0.15) is 17.0 Å². The van der Waals surface area contributed by atoms with Crippen LogP contribution in [0, 0.1) is 5.82 Å². The maximum atomic E-state index is 15.0. The van der Waals surface area contributed by atoms with Gasteiger partial charge in [0.2, 0.25) is 0 Å². The molecule has 4 heteroatoms. The predicted molar refractivity (Wildman–Crippen MR) is 117 cm³/mol. The van der Waals surface area contributed by atoms with Crippen molar-refractivity contribution in [2.45, 2.75) is 38.5 Å². The Morgan fingerprint density at radius 3 is 2.86 bits per heavy atom. The first-order chi connectivity index (χ1) is 14.1. The van der Waals surface area contributed by atoms with E-state index in [2.05, 4.69) is 22.4 Å². The van der Waals surface area contributed by atoms with Crippen LogP contribution in [-0.2, 0) is 0 Å². The molecule has 1 aromatic carbocycles. The molecule has 2 aromatic rings. The third kappa shape index (κ3) is 3.37. The fraction of sp³-hybridized carbons (Fsp3) is 0.240. The second kappa shape index (κ2) is 6.98. The smallest absolute Gasteiger partial charge is 0.150 e. The number of allylic oxidation sites excluding steroid dienone is 4. The minimum atomic E-state index is -0.303. The molecule has 29 heavy (non-hydrogen) atoms. The van der Waals surface area contributed by atoms with E-state index in [-0.39, 0.29) is 7.24 Å². The highest BCUT2D eigenvalue weighted by Gasteiger charge is 2.20. The highest BCUT2D eigenvalue weighted by atomic mass is 19.1. The van der Waals surface area contributed by atoms with E-state index in [0.29, 0.717) is 11.4 Å². The zero-order chi connectivity index (χ0) is 20.0. The highest BCUT2D eigenvalue weighted by Crippen LogP contribution is 2.35. The first-order valence-corrected chi connectivity index (χ1v) is 10.0. The fourth-order valence-corrected chi connectivity index (χ4v) is 4.13. The first-order valence-electron chi connectivity index (χ1n) is 10.0. The second-order valence-electron chi connectivity index (χ2n) is 8.00. The molecule has 5 rings (SSSR count). The SMILES string of the molecule is C=C1CCC(c2ccc3cc(C4=NN5C=C(C)C=C=C5C=C4)cc(F)c3n2)CC1.[HH]. The second-order valence-corrected chi connectivity index (χ2v) is 8.00. The zero-order valence-corrected chi connectivity index (χ0v) is 16.5. The van der Waals surface area contributed by atoms with E-state index in [4.69, 9.17) is 0 Å². The largest absolute Gasteiger partial charge is 0.249 e. The molecule has 0 spiro atoms. The van der Waals surface area contributed by atoms with Gasteiger partial charge in [-0.3, -0.25) is 0 Å². The van der Waals surface area contributed by atoms with Gasteiger partial charge >= 0.3 is 0 Å². The summed E-state index contributed by atoms with van der Waals surface area (Å²) >= 11 is 0. The van der Waals surface area contributed by atoms with Crippen molar-refractivity contribution < 1.29 is 5.82 Å². The normalized spacial score (nSPS) is 19.2. The molecule has 3 heterocycles. The van der Waals surface area contributed by atoms with E-state index in [0.717, 1.165) is 59.3 Å². The number of aromatic nitrogens is 1. The predicted octanol–water partition coefficient (Wildman–Crippen LogP) is 6.37. The standard InChI is InChI=1S/C25H22FN3.H2/c1-16-3-6-18(7-4-16)23-11-8-19-13-20(14-22(26)25(19)27-23)24-12-10-21-9-5-17(2)15-29(21)28-24;/h5,8,10-15,18H,1,3-4,6-7H2,2H3;1H. The molecule has 3 nitrogen and oxygen atoms in total. The fourth-order valence-electron chi connectivity index (χ4n) is 4.13. The summed E-state index contributed by atoms with van der Waals surface area (Å²) in [6.07, 6.45) is 11.9. The lowest BCUT2D eigenvalue weighted by Crippen LogP contribution is -2.17. The van der Waals surface area contributed by atoms with Gasteiger partial charge in [0.15, 0.2) is 0 Å². The Balaban J connectivity index is 0.00000218. The van der Waals surface area contributed by atoms with Gasteiger partial charge in [-0.15, -0.1) is 0 Å². The average molecular weight is 385 g/mol. The molecular formula is C25H24FN3. The van der Waals surface area contributed by atoms with E-state index in [9.17, 15) is 0 Å². The van der Waals surface area contributed by atoms with Gasteiger partial charge in [-0.1, -0.05) is 23.9 Å². The summed E-state index contributed by atoms with van der Waals surface area (Å²) in [4.78, 5) is 4.68. The van der Waals surface area contributed by atoms with Crippen molar-refractivity contribution in [3.8, 4) is 0 Å². The van der Waals surface area contributed by atoms with E-state index in [1.165, 1.54) is 11.6 Å². The van der Waals surface area contributed by atoms with Crippen LogP contribution < -0.4 is 0 Å². The van der Waals surface area contributed by atoms with Crippen molar-refractivity contribution in [1.29, 1.82) is 0 Å². The van der Waals surface area contributed by atoms with Crippen molar-refractivity contribution in [1.82, 2.24) is 9.99 Å². The number of pyridine rings is 1. The van der Waals surface area contributed by atoms with Crippen LogP contribution in [0.2, 0.25) is 0 Å². The number of benzene rings is 1. The van der Waals surface area contributed by atoms with Crippen molar-refractivity contribution >= 4 is 16.6 Å². The molecule has 0 bridgehead atoms. The van der Waals surface area contributed by atoms with E-state index < -0.39 is 0 Å². The van der Waals surface area contributed by atoms with Gasteiger partial charge < -0.3 is 0 Å². The van der Waals surface area contributed by atoms with Crippen molar-refractivity contribution in [3.05, 3.63) is 94.9 Å². The van der Waals surface area contributed by atoms with Gasteiger partial charge in [-0.25, -0.2) is 14.4 Å². The molecule has 1 aliphatic carbocycles. The quantitative estimate of drug-likeness (QED) is 0.444. The van der Waals surface area contributed by atoms with Gasteiger partial charge in [-0.05, 0) is 74.6 Å². The molecule has 0 amide bonds. The Hall–Kier alpha value is -3.23. The Morgan fingerprint density at radius 1 is 1.21 bits per heavy atom. The van der Waals surface area contributed by atoms with Gasteiger partial charge in [0.05, 0.1) is 5.71 Å². The Labute approximate surface area is 171 Å². The molecule has 1 saturated carbocycles. The van der Waals surface area contributed by atoms with Crippen LogP contribution in [0.3, 0.4) is 0 Å². The molecule has 0 saturated heterocycles. The number of hydrogen-bond donors (Lipinski definition) is 0. The number of hydrogen-bond acceptors (Lipinski definition) is 3. The van der Waals surface area contributed by atoms with E-state index >= 15 is 4.39 Å². The minimum absolute atomic E-state index is 0. The molecule has 0 radical (unpaired) electrons. The number of rotatable bonds is 2. The number of halogens is 1. The van der Waals surface area contributed by atoms with Crippen molar-refractivity contribution in [3.63, 3.8) is 0 Å². The maximum Gasteiger partial charge on any atom is 0.150 e. The van der Waals surface area contributed by atoms with Crippen molar-refractivity contribution in [2.24, 2.45) is 5.10 Å². The molecule has 1 aromatic heterocycles. The minimum Gasteiger partial charge on any atom is -0.249 e. The Bertz CT molecular complexity index is 1190. The van der Waals surface area contributed by atoms with Gasteiger partial charge in [0, 0.05) is 30.2 Å². The molecular weight excluding hydrogens is 361 g/mol. The highest BCUT2D eigenvalue weighted by molar-refractivity contribution is 6.11. The lowest BCUT2D eigenvalue weighted by Gasteiger charge is -2.23. The summed E-state index contributed by atoms with van der Waals surface area (Å²) in [5.74, 6) is 0.0873. The monoisotopic (exact) mass is 385 g/mol. The lowest BCUT2D eigenvalue weighted by atomic mass is 9.84. The van der Waals surface area contributed by atoms with Crippen LogP contribution >= 0.6 is 0 Å². The third-order valence-corrected chi connectivity index (χ3v) is 5.81. The summed E-state index contributed by atoms with van der Waals surface area (Å²) in [6, 6.07) is 7.53. The van der Waals surface area contributed by atoms with Crippen LogP contribution in [0.15, 0.2) is 82.9 Å². The third-order valence-electron chi connectivity index (χ3n) is 5.81. The maximum absolute atomic E-state index is 15.0. The molecule has 0 unspecified atom stereocenters. The molecule has 0 N–H and O–H groups in total. The summed E-state index contributed by atoms with van der Waals surface area (Å²) in [7, 11) is 0. The van der Waals surface area contributed by atoms with E-state index in [1.807, 2.05) is 49.6 Å². The molecule has 1 fully saturated rings. The summed E-state index contributed by atoms with van der Waals surface area (Å²) in [5, 5.41) is 7.22. The molecule has 3 aliphatic rings. The van der Waals surface area contributed by atoms with E-state index in [1.54, 1.807) is 5.01 Å². The van der Waals surface area contributed by atoms with Gasteiger partial charge in [0.25, 0.3) is 0 Å². The summed E-state index contributed by atoms with van der Waals surface area (Å²) < 4.78 is 15.0. The van der Waals surface area contributed by atoms with Gasteiger partial charge in [-0.2, -0.15) is 5.10 Å². The Kier molecular flexibility index (Phi) is 4.30. The summed E-state index contributed by atoms with van der Waals surface area (Å²) in [6.45, 7) is 6.08. The topological polar surface area (TPSA) is 28.5 Å². The number of nitrogens with zero attached hydrogens (tertiary/aromatic N) is 3. The van der Waals surface area contributed by atoms with Crippen LogP contribution in [0.1, 0.15) is 51.2 Å². The number of fused-ring (bicyclic) bond motifs is 2. The Morgan fingerprint density at radius 2 is 2.03 bits per heavy atom. The molecule has 146 valence electrons. The molecule has 2 aliphatic heterocycles. The average Bonchev–Trinajstić information content (AvgIpc) is 2.73. The molecule has 0 atom stereocenters. The van der Waals surface area contributed by atoms with Crippen molar-refractivity contribution in [2.75, 3.05) is 0 Å². The summed E-state index contributed by atoms with van der Waals surface area (Å²) in [5.41, 5.74) is 9.34. The van der Waals surface area contributed by atoms with Crippen LogP contribution in [0.5, 0.6) is 0 Å². The van der Waals surface area contributed by atoms with Crippen LogP contribution in [-0.4, -0.2) is 15.7 Å². The van der Waals surface area contributed by atoms with Crippen LogP contribution in [0.25, 0.3) is 10.9 Å². The first kappa shape index (κ1) is 17.8. The van der Waals surface area contributed by atoms with Crippen LogP contribution in [0.4, 0.5) is 4.39 Å².